The van der Waals surface area contributed by atoms with Crippen molar-refractivity contribution in [2.75, 3.05) is 32.1 Å². The maximum Gasteiger partial charge on any atom is 0.161 e. The minimum Gasteiger partial charge on any atom is -0.368 e. The molecular weight excluding hydrogens is 445 g/mol. The Hall–Kier alpha value is -3.92. The standard InChI is InChI=1S/C25H26FN9/c1-34(2)14-15-8-16(10-27-9-15)22-21(26)20-17(12-29-22)32-33-24(20)25-30-18-11-28-13-19(23(18)31-25)35-6-4-3-5-7-35/h8-13H,3-7,14H2,1-2H3,(H,30,31)(H,32,33). The molecule has 35 heavy (non-hydrogen) atoms. The minimum absolute atomic E-state index is 0.236. The number of nitrogens with one attached hydrogen (secondary N) is 2. The van der Waals surface area contributed by atoms with Gasteiger partial charge in [-0.1, -0.05) is 0 Å². The fourth-order valence-corrected chi connectivity index (χ4v) is 4.81. The lowest BCUT2D eigenvalue weighted by molar-refractivity contribution is 0.402. The van der Waals surface area contributed by atoms with Crippen molar-refractivity contribution >= 4 is 27.6 Å². The smallest absolute Gasteiger partial charge is 0.161 e. The predicted molar refractivity (Wildman–Crippen MR) is 133 cm³/mol. The summed E-state index contributed by atoms with van der Waals surface area (Å²) >= 11 is 0. The quantitative estimate of drug-likeness (QED) is 0.397. The van der Waals surface area contributed by atoms with E-state index >= 15 is 4.39 Å². The number of pyridine rings is 3. The second-order valence-electron chi connectivity index (χ2n) is 9.29. The largest absolute Gasteiger partial charge is 0.368 e. The highest BCUT2D eigenvalue weighted by molar-refractivity contribution is 5.97. The first-order valence-corrected chi connectivity index (χ1v) is 11.8. The van der Waals surface area contributed by atoms with Gasteiger partial charge in [0.1, 0.15) is 16.9 Å². The van der Waals surface area contributed by atoms with Gasteiger partial charge in [0.15, 0.2) is 11.6 Å². The van der Waals surface area contributed by atoms with E-state index < -0.39 is 5.82 Å². The maximum absolute atomic E-state index is 15.9. The Labute approximate surface area is 201 Å². The van der Waals surface area contributed by atoms with Gasteiger partial charge in [-0.15, -0.1) is 0 Å². The van der Waals surface area contributed by atoms with Gasteiger partial charge in [0.2, 0.25) is 0 Å². The minimum atomic E-state index is -0.454. The molecule has 1 fully saturated rings. The van der Waals surface area contributed by atoms with Crippen LogP contribution in [0.25, 0.3) is 44.7 Å². The SMILES string of the molecule is CN(C)Cc1cncc(-c2ncc3[nH]nc(-c4nc5c(N6CCCCC6)cncc5[nH]4)c3c2F)c1. The first-order valence-electron chi connectivity index (χ1n) is 11.8. The van der Waals surface area contributed by atoms with Gasteiger partial charge in [0, 0.05) is 37.6 Å². The molecule has 5 aromatic heterocycles. The summed E-state index contributed by atoms with van der Waals surface area (Å²) < 4.78 is 15.9. The van der Waals surface area contributed by atoms with Crippen LogP contribution in [0.4, 0.5) is 10.1 Å². The number of nitrogens with zero attached hydrogens (tertiary/aromatic N) is 7. The Morgan fingerprint density at radius 1 is 0.971 bits per heavy atom. The van der Waals surface area contributed by atoms with Crippen LogP contribution in [-0.4, -0.2) is 67.2 Å². The Bertz CT molecular complexity index is 1510. The van der Waals surface area contributed by atoms with E-state index in [-0.39, 0.29) is 5.69 Å². The number of fused-ring (bicyclic) bond motifs is 2. The Kier molecular flexibility index (Phi) is 5.37. The van der Waals surface area contributed by atoms with Crippen LogP contribution in [0.5, 0.6) is 0 Å². The second-order valence-corrected chi connectivity index (χ2v) is 9.29. The van der Waals surface area contributed by atoms with Crippen molar-refractivity contribution in [2.45, 2.75) is 25.8 Å². The molecule has 1 saturated heterocycles. The fourth-order valence-electron chi connectivity index (χ4n) is 4.81. The molecule has 10 heteroatoms. The van der Waals surface area contributed by atoms with Crippen LogP contribution in [0.2, 0.25) is 0 Å². The normalized spacial score (nSPS) is 14.5. The number of aromatic nitrogens is 7. The maximum atomic E-state index is 15.9. The zero-order chi connectivity index (χ0) is 23.9. The third-order valence-electron chi connectivity index (χ3n) is 6.41. The molecule has 1 aliphatic heterocycles. The number of halogens is 1. The number of anilines is 1. The number of imidazole rings is 1. The van der Waals surface area contributed by atoms with Crippen molar-refractivity contribution in [1.82, 2.24) is 40.0 Å². The second kappa shape index (κ2) is 8.70. The van der Waals surface area contributed by atoms with Crippen LogP contribution in [0, 0.1) is 5.82 Å². The third kappa shape index (κ3) is 3.89. The number of H-pyrrole nitrogens is 2. The van der Waals surface area contributed by atoms with Crippen molar-refractivity contribution in [3.8, 4) is 22.8 Å². The van der Waals surface area contributed by atoms with E-state index in [0.29, 0.717) is 34.5 Å². The molecule has 0 saturated carbocycles. The summed E-state index contributed by atoms with van der Waals surface area (Å²) in [4.78, 5) is 25.6. The lowest BCUT2D eigenvalue weighted by atomic mass is 10.1. The predicted octanol–water partition coefficient (Wildman–Crippen LogP) is 4.15. The van der Waals surface area contributed by atoms with E-state index in [4.69, 9.17) is 4.98 Å². The van der Waals surface area contributed by atoms with E-state index in [2.05, 4.69) is 35.0 Å². The third-order valence-corrected chi connectivity index (χ3v) is 6.41. The van der Waals surface area contributed by atoms with Crippen LogP contribution >= 0.6 is 0 Å². The van der Waals surface area contributed by atoms with Crippen molar-refractivity contribution in [2.24, 2.45) is 0 Å². The molecule has 0 atom stereocenters. The number of hydrogen-bond donors (Lipinski definition) is 2. The van der Waals surface area contributed by atoms with Crippen LogP contribution in [0.3, 0.4) is 0 Å². The lowest BCUT2D eigenvalue weighted by Gasteiger charge is -2.28. The molecule has 0 radical (unpaired) electrons. The highest BCUT2D eigenvalue weighted by Gasteiger charge is 2.22. The first-order chi connectivity index (χ1) is 17.1. The summed E-state index contributed by atoms with van der Waals surface area (Å²) in [6, 6.07) is 1.92. The molecule has 1 aliphatic rings. The van der Waals surface area contributed by atoms with Gasteiger partial charge in [-0.05, 0) is 45.0 Å². The fraction of sp³-hybridized carbons (Fsp3) is 0.320. The molecule has 0 spiro atoms. The summed E-state index contributed by atoms with van der Waals surface area (Å²) in [7, 11) is 3.96. The van der Waals surface area contributed by atoms with Crippen molar-refractivity contribution in [3.63, 3.8) is 0 Å². The Balaban J connectivity index is 1.45. The zero-order valence-electron chi connectivity index (χ0n) is 19.7. The lowest BCUT2D eigenvalue weighted by Crippen LogP contribution is -2.29. The zero-order valence-corrected chi connectivity index (χ0v) is 19.7. The molecule has 178 valence electrons. The van der Waals surface area contributed by atoms with E-state index in [1.807, 2.05) is 31.3 Å². The van der Waals surface area contributed by atoms with Gasteiger partial charge in [-0.3, -0.25) is 20.1 Å². The van der Waals surface area contributed by atoms with Crippen molar-refractivity contribution < 1.29 is 4.39 Å². The van der Waals surface area contributed by atoms with Crippen LogP contribution in [0.1, 0.15) is 24.8 Å². The Morgan fingerprint density at radius 2 is 1.80 bits per heavy atom. The first kappa shape index (κ1) is 21.6. The number of hydrogen-bond acceptors (Lipinski definition) is 7. The van der Waals surface area contributed by atoms with E-state index in [1.54, 1.807) is 24.8 Å². The molecule has 0 unspecified atom stereocenters. The summed E-state index contributed by atoms with van der Waals surface area (Å²) in [6.45, 7) is 2.67. The average Bonchev–Trinajstić information content (AvgIpc) is 3.49. The Morgan fingerprint density at radius 3 is 2.63 bits per heavy atom. The molecular formula is C25H26FN9. The monoisotopic (exact) mass is 471 g/mol. The summed E-state index contributed by atoms with van der Waals surface area (Å²) in [5.74, 6) is 0.0398. The summed E-state index contributed by atoms with van der Waals surface area (Å²) in [5, 5.41) is 7.65. The van der Waals surface area contributed by atoms with Crippen LogP contribution in [0.15, 0.2) is 37.1 Å². The van der Waals surface area contributed by atoms with Gasteiger partial charge in [0.25, 0.3) is 0 Å². The van der Waals surface area contributed by atoms with Gasteiger partial charge < -0.3 is 14.8 Å². The average molecular weight is 472 g/mol. The van der Waals surface area contributed by atoms with E-state index in [0.717, 1.165) is 48.2 Å². The molecule has 0 amide bonds. The topological polar surface area (TPSA) is 103 Å². The molecule has 0 aliphatic carbocycles. The van der Waals surface area contributed by atoms with Gasteiger partial charge in [0.05, 0.1) is 40.7 Å². The molecule has 0 aromatic carbocycles. The summed E-state index contributed by atoms with van der Waals surface area (Å²) in [5.41, 5.74) is 5.38. The number of aromatic amines is 2. The number of rotatable bonds is 5. The molecule has 0 bridgehead atoms. The summed E-state index contributed by atoms with van der Waals surface area (Å²) in [6.07, 6.45) is 12.2. The highest BCUT2D eigenvalue weighted by Crippen LogP contribution is 2.34. The van der Waals surface area contributed by atoms with Gasteiger partial charge in [-0.25, -0.2) is 9.37 Å². The van der Waals surface area contributed by atoms with Crippen LogP contribution in [-0.2, 0) is 6.54 Å². The van der Waals surface area contributed by atoms with Crippen molar-refractivity contribution in [3.05, 3.63) is 48.4 Å². The molecule has 2 N–H and O–H groups in total. The van der Waals surface area contributed by atoms with E-state index in [1.165, 1.54) is 6.42 Å². The van der Waals surface area contributed by atoms with Gasteiger partial charge >= 0.3 is 0 Å². The molecule has 6 heterocycles. The van der Waals surface area contributed by atoms with Crippen LogP contribution < -0.4 is 4.90 Å². The molecule has 5 aromatic rings. The van der Waals surface area contributed by atoms with Gasteiger partial charge in [-0.2, -0.15) is 5.10 Å². The highest BCUT2D eigenvalue weighted by atomic mass is 19.1. The number of piperidine rings is 1. The molecule has 9 nitrogen and oxygen atoms in total. The van der Waals surface area contributed by atoms with E-state index in [9.17, 15) is 0 Å². The van der Waals surface area contributed by atoms with Crippen molar-refractivity contribution in [1.29, 1.82) is 0 Å². The molecule has 6 rings (SSSR count).